The van der Waals surface area contributed by atoms with E-state index in [1.54, 1.807) is 0 Å². The standard InChI is InChI=1S/C15H21BrN2O/c1-4-18(5-2)13-7-6-11(10-12(13)16)17-14(19)15(3)8-9-15/h6-7,10H,4-5,8-9H2,1-3H3,(H,17,19). The predicted octanol–water partition coefficient (Wildman–Crippen LogP) is 4.03. The van der Waals surface area contributed by atoms with Gasteiger partial charge < -0.3 is 10.2 Å². The largest absolute Gasteiger partial charge is 0.371 e. The molecule has 0 radical (unpaired) electrons. The van der Waals surface area contributed by atoms with E-state index in [-0.39, 0.29) is 11.3 Å². The van der Waals surface area contributed by atoms with Gasteiger partial charge in [-0.1, -0.05) is 6.92 Å². The summed E-state index contributed by atoms with van der Waals surface area (Å²) in [7, 11) is 0. The first-order valence-corrected chi connectivity index (χ1v) is 7.65. The number of halogens is 1. The minimum absolute atomic E-state index is 0.134. The molecule has 1 aliphatic rings. The molecular weight excluding hydrogens is 304 g/mol. The molecular formula is C15H21BrN2O. The van der Waals surface area contributed by atoms with E-state index in [1.807, 2.05) is 19.1 Å². The fourth-order valence-corrected chi connectivity index (χ4v) is 2.73. The van der Waals surface area contributed by atoms with Crippen molar-refractivity contribution in [1.82, 2.24) is 0 Å². The number of nitrogens with one attached hydrogen (secondary N) is 1. The maximum Gasteiger partial charge on any atom is 0.230 e. The van der Waals surface area contributed by atoms with Gasteiger partial charge in [-0.05, 0) is 60.8 Å². The summed E-state index contributed by atoms with van der Waals surface area (Å²) in [6.45, 7) is 8.23. The summed E-state index contributed by atoms with van der Waals surface area (Å²) in [5, 5.41) is 3.00. The predicted molar refractivity (Wildman–Crippen MR) is 83.7 cm³/mol. The van der Waals surface area contributed by atoms with Gasteiger partial charge in [0.25, 0.3) is 0 Å². The lowest BCUT2D eigenvalue weighted by molar-refractivity contribution is -0.120. The zero-order valence-electron chi connectivity index (χ0n) is 11.8. The first kappa shape index (κ1) is 14.4. The third-order valence-electron chi connectivity index (χ3n) is 3.86. The average Bonchev–Trinajstić information content (AvgIpc) is 3.13. The van der Waals surface area contributed by atoms with Crippen molar-refractivity contribution in [2.75, 3.05) is 23.3 Å². The highest BCUT2D eigenvalue weighted by molar-refractivity contribution is 9.10. The molecule has 2 rings (SSSR count). The molecule has 0 bridgehead atoms. The Kier molecular flexibility index (Phi) is 4.19. The van der Waals surface area contributed by atoms with Gasteiger partial charge in [-0.25, -0.2) is 0 Å². The van der Waals surface area contributed by atoms with Crippen molar-refractivity contribution < 1.29 is 4.79 Å². The van der Waals surface area contributed by atoms with E-state index in [0.717, 1.165) is 36.1 Å². The Balaban J connectivity index is 2.12. The number of hydrogen-bond acceptors (Lipinski definition) is 2. The third kappa shape index (κ3) is 3.11. The zero-order chi connectivity index (χ0) is 14.0. The summed E-state index contributed by atoms with van der Waals surface area (Å²) in [5.41, 5.74) is 1.89. The van der Waals surface area contributed by atoms with Gasteiger partial charge in [0.2, 0.25) is 5.91 Å². The quantitative estimate of drug-likeness (QED) is 0.886. The van der Waals surface area contributed by atoms with Gasteiger partial charge >= 0.3 is 0 Å². The lowest BCUT2D eigenvalue weighted by atomic mass is 10.1. The van der Waals surface area contributed by atoms with Crippen LogP contribution in [0, 0.1) is 5.41 Å². The zero-order valence-corrected chi connectivity index (χ0v) is 13.4. The maximum atomic E-state index is 12.0. The van der Waals surface area contributed by atoms with Crippen LogP contribution >= 0.6 is 15.9 Å². The van der Waals surface area contributed by atoms with Gasteiger partial charge in [0.05, 0.1) is 5.69 Å². The van der Waals surface area contributed by atoms with Gasteiger partial charge in [-0.15, -0.1) is 0 Å². The van der Waals surface area contributed by atoms with E-state index in [2.05, 4.69) is 46.1 Å². The molecule has 0 aromatic heterocycles. The van der Waals surface area contributed by atoms with Gasteiger partial charge in [-0.2, -0.15) is 0 Å². The molecule has 19 heavy (non-hydrogen) atoms. The highest BCUT2D eigenvalue weighted by atomic mass is 79.9. The molecule has 0 saturated heterocycles. The van der Waals surface area contributed by atoms with Crippen molar-refractivity contribution in [3.63, 3.8) is 0 Å². The number of benzene rings is 1. The summed E-state index contributed by atoms with van der Waals surface area (Å²) < 4.78 is 1.02. The van der Waals surface area contributed by atoms with Crippen LogP contribution in [0.5, 0.6) is 0 Å². The normalized spacial score (nSPS) is 16.0. The topological polar surface area (TPSA) is 32.3 Å². The third-order valence-corrected chi connectivity index (χ3v) is 4.49. The Labute approximate surface area is 123 Å². The Hall–Kier alpha value is -1.03. The molecule has 0 heterocycles. The lowest BCUT2D eigenvalue weighted by Crippen LogP contribution is -2.23. The number of carbonyl (C=O) groups is 1. The van der Waals surface area contributed by atoms with Crippen molar-refractivity contribution in [3.8, 4) is 0 Å². The second-order valence-corrected chi connectivity index (χ2v) is 6.21. The van der Waals surface area contributed by atoms with E-state index in [4.69, 9.17) is 0 Å². The van der Waals surface area contributed by atoms with Crippen LogP contribution in [-0.2, 0) is 4.79 Å². The summed E-state index contributed by atoms with van der Waals surface area (Å²) in [4.78, 5) is 14.3. The summed E-state index contributed by atoms with van der Waals surface area (Å²) >= 11 is 3.59. The fraction of sp³-hybridized carbons (Fsp3) is 0.533. The molecule has 1 amide bonds. The first-order chi connectivity index (χ1) is 9.00. The van der Waals surface area contributed by atoms with Crippen molar-refractivity contribution in [1.29, 1.82) is 0 Å². The first-order valence-electron chi connectivity index (χ1n) is 6.86. The molecule has 1 aromatic rings. The molecule has 104 valence electrons. The molecule has 0 unspecified atom stereocenters. The molecule has 1 aromatic carbocycles. The van der Waals surface area contributed by atoms with E-state index < -0.39 is 0 Å². The van der Waals surface area contributed by atoms with E-state index in [1.165, 1.54) is 5.69 Å². The van der Waals surface area contributed by atoms with Crippen LogP contribution in [0.1, 0.15) is 33.6 Å². The summed E-state index contributed by atoms with van der Waals surface area (Å²) in [5.74, 6) is 0.134. The monoisotopic (exact) mass is 324 g/mol. The number of carbonyl (C=O) groups excluding carboxylic acids is 1. The molecule has 1 aliphatic carbocycles. The number of hydrogen-bond donors (Lipinski definition) is 1. The Bertz CT molecular complexity index is 479. The fourth-order valence-electron chi connectivity index (χ4n) is 2.10. The number of anilines is 2. The molecule has 0 spiro atoms. The van der Waals surface area contributed by atoms with Crippen molar-refractivity contribution in [3.05, 3.63) is 22.7 Å². The van der Waals surface area contributed by atoms with Crippen molar-refractivity contribution in [2.24, 2.45) is 5.41 Å². The molecule has 1 fully saturated rings. The molecule has 3 nitrogen and oxygen atoms in total. The number of amides is 1. The van der Waals surface area contributed by atoms with E-state index in [9.17, 15) is 4.79 Å². The molecule has 0 aliphatic heterocycles. The SMILES string of the molecule is CCN(CC)c1ccc(NC(=O)C2(C)CC2)cc1Br. The average molecular weight is 325 g/mol. The number of rotatable bonds is 5. The van der Waals surface area contributed by atoms with E-state index in [0.29, 0.717) is 0 Å². The molecule has 1 saturated carbocycles. The van der Waals surface area contributed by atoms with Crippen LogP contribution in [-0.4, -0.2) is 19.0 Å². The second-order valence-electron chi connectivity index (χ2n) is 5.35. The van der Waals surface area contributed by atoms with Crippen molar-refractivity contribution >= 4 is 33.2 Å². The van der Waals surface area contributed by atoms with Crippen LogP contribution in [0.15, 0.2) is 22.7 Å². The van der Waals surface area contributed by atoms with Crippen LogP contribution in [0.4, 0.5) is 11.4 Å². The van der Waals surface area contributed by atoms with Crippen LogP contribution in [0.2, 0.25) is 0 Å². The maximum absolute atomic E-state index is 12.0. The van der Waals surface area contributed by atoms with Crippen LogP contribution in [0.3, 0.4) is 0 Å². The molecule has 0 atom stereocenters. The molecule has 1 N–H and O–H groups in total. The summed E-state index contributed by atoms with van der Waals surface area (Å²) in [6, 6.07) is 6.02. The Morgan fingerprint density at radius 1 is 1.37 bits per heavy atom. The second kappa shape index (κ2) is 5.53. The highest BCUT2D eigenvalue weighted by Gasteiger charge is 2.44. The lowest BCUT2D eigenvalue weighted by Gasteiger charge is -2.23. The Morgan fingerprint density at radius 3 is 2.47 bits per heavy atom. The smallest absolute Gasteiger partial charge is 0.230 e. The van der Waals surface area contributed by atoms with E-state index >= 15 is 0 Å². The minimum Gasteiger partial charge on any atom is -0.371 e. The van der Waals surface area contributed by atoms with Gasteiger partial charge in [-0.3, -0.25) is 4.79 Å². The van der Waals surface area contributed by atoms with Gasteiger partial charge in [0, 0.05) is 28.7 Å². The summed E-state index contributed by atoms with van der Waals surface area (Å²) in [6.07, 6.45) is 2.00. The number of nitrogens with zero attached hydrogens (tertiary/aromatic N) is 1. The van der Waals surface area contributed by atoms with Crippen LogP contribution in [0.25, 0.3) is 0 Å². The highest BCUT2D eigenvalue weighted by Crippen LogP contribution is 2.45. The molecule has 4 heteroatoms. The van der Waals surface area contributed by atoms with Gasteiger partial charge in [0.15, 0.2) is 0 Å². The minimum atomic E-state index is -0.135. The Morgan fingerprint density at radius 2 is 2.00 bits per heavy atom. The van der Waals surface area contributed by atoms with Crippen molar-refractivity contribution in [2.45, 2.75) is 33.6 Å². The van der Waals surface area contributed by atoms with Gasteiger partial charge in [0.1, 0.15) is 0 Å². The van der Waals surface area contributed by atoms with Crippen LogP contribution < -0.4 is 10.2 Å².